The van der Waals surface area contributed by atoms with E-state index in [9.17, 15) is 8.42 Å². The molecule has 0 aromatic heterocycles. The Morgan fingerprint density at radius 2 is 1.62 bits per heavy atom. The molecule has 0 spiro atoms. The standard InChI is InChI=1S/C26H26BrNO3S/c1-17-3-10-21(11-4-17)32(29,30)28-16-24-22(23-15-18(2)5-12-25(23)28)13-14-31-26(24)19-6-8-20(27)9-7-19/h3-12,15,22,24,26H,13-14,16H2,1-2H3/t22-,24-,26+/m0/s1. The lowest BCUT2D eigenvalue weighted by Gasteiger charge is -2.46. The highest BCUT2D eigenvalue weighted by atomic mass is 79.9. The summed E-state index contributed by atoms with van der Waals surface area (Å²) in [6.45, 7) is 5.09. The third-order valence-electron chi connectivity index (χ3n) is 6.67. The van der Waals surface area contributed by atoms with Crippen LogP contribution in [0.15, 0.2) is 76.1 Å². The molecule has 1 saturated heterocycles. The van der Waals surface area contributed by atoms with Crippen LogP contribution in [0, 0.1) is 19.8 Å². The summed E-state index contributed by atoms with van der Waals surface area (Å²) in [5, 5.41) is 0. The van der Waals surface area contributed by atoms with Crippen molar-refractivity contribution in [2.24, 2.45) is 5.92 Å². The molecule has 0 aliphatic carbocycles. The molecular weight excluding hydrogens is 486 g/mol. The van der Waals surface area contributed by atoms with Crippen LogP contribution >= 0.6 is 15.9 Å². The summed E-state index contributed by atoms with van der Waals surface area (Å²) in [4.78, 5) is 0.324. The Balaban J connectivity index is 1.62. The average molecular weight is 512 g/mol. The van der Waals surface area contributed by atoms with Crippen LogP contribution in [0.2, 0.25) is 0 Å². The fourth-order valence-electron chi connectivity index (χ4n) is 5.03. The Hall–Kier alpha value is -2.15. The van der Waals surface area contributed by atoms with Crippen molar-refractivity contribution in [3.8, 4) is 0 Å². The van der Waals surface area contributed by atoms with E-state index < -0.39 is 10.0 Å². The van der Waals surface area contributed by atoms with Gasteiger partial charge in [0.05, 0.1) is 16.7 Å². The number of rotatable bonds is 3. The van der Waals surface area contributed by atoms with Gasteiger partial charge in [-0.1, -0.05) is 63.5 Å². The summed E-state index contributed by atoms with van der Waals surface area (Å²) in [6, 6.07) is 21.4. The molecular formula is C26H26BrNO3S. The average Bonchev–Trinajstić information content (AvgIpc) is 2.79. The number of anilines is 1. The maximum Gasteiger partial charge on any atom is 0.264 e. The molecule has 4 nitrogen and oxygen atoms in total. The SMILES string of the molecule is Cc1ccc(S(=O)(=O)N2C[C@@H]3[C@@H](c4ccc(Br)cc4)OCC[C@H]3c3cc(C)ccc32)cc1. The van der Waals surface area contributed by atoms with Crippen LogP contribution in [0.5, 0.6) is 0 Å². The van der Waals surface area contributed by atoms with Crippen LogP contribution in [-0.4, -0.2) is 21.6 Å². The number of sulfonamides is 1. The van der Waals surface area contributed by atoms with Gasteiger partial charge < -0.3 is 4.74 Å². The lowest BCUT2D eigenvalue weighted by atomic mass is 9.74. The van der Waals surface area contributed by atoms with E-state index in [-0.39, 0.29) is 17.9 Å². The van der Waals surface area contributed by atoms with E-state index in [1.54, 1.807) is 16.4 Å². The van der Waals surface area contributed by atoms with Gasteiger partial charge in [0.2, 0.25) is 0 Å². The number of hydrogen-bond acceptors (Lipinski definition) is 3. The van der Waals surface area contributed by atoms with Gasteiger partial charge in [0.25, 0.3) is 10.0 Å². The molecule has 1 fully saturated rings. The topological polar surface area (TPSA) is 46.6 Å². The molecule has 6 heteroatoms. The molecule has 5 rings (SSSR count). The van der Waals surface area contributed by atoms with Crippen molar-refractivity contribution >= 4 is 31.6 Å². The summed E-state index contributed by atoms with van der Waals surface area (Å²) in [5.74, 6) is 0.302. The number of nitrogens with zero attached hydrogens (tertiary/aromatic N) is 1. The molecule has 32 heavy (non-hydrogen) atoms. The first-order chi connectivity index (χ1) is 15.3. The van der Waals surface area contributed by atoms with Crippen molar-refractivity contribution in [3.63, 3.8) is 0 Å². The monoisotopic (exact) mass is 511 g/mol. The number of aryl methyl sites for hydroxylation is 2. The van der Waals surface area contributed by atoms with Crippen LogP contribution in [0.25, 0.3) is 0 Å². The van der Waals surface area contributed by atoms with Crippen molar-refractivity contribution in [3.05, 3.63) is 93.5 Å². The largest absolute Gasteiger partial charge is 0.373 e. The van der Waals surface area contributed by atoms with E-state index in [0.717, 1.165) is 38.8 Å². The normalized spacial score (nSPS) is 22.8. The zero-order valence-corrected chi connectivity index (χ0v) is 20.6. The molecule has 0 unspecified atom stereocenters. The first kappa shape index (κ1) is 21.7. The van der Waals surface area contributed by atoms with Crippen molar-refractivity contribution in [1.82, 2.24) is 0 Å². The molecule has 0 amide bonds. The van der Waals surface area contributed by atoms with E-state index in [2.05, 4.69) is 41.1 Å². The molecule has 2 aliphatic heterocycles. The predicted molar refractivity (Wildman–Crippen MR) is 131 cm³/mol. The summed E-state index contributed by atoms with van der Waals surface area (Å²) in [5.41, 5.74) is 5.18. The molecule has 3 aromatic rings. The Morgan fingerprint density at radius 3 is 2.34 bits per heavy atom. The van der Waals surface area contributed by atoms with Crippen molar-refractivity contribution in [1.29, 1.82) is 0 Å². The molecule has 166 valence electrons. The van der Waals surface area contributed by atoms with E-state index in [4.69, 9.17) is 4.74 Å². The van der Waals surface area contributed by atoms with Crippen molar-refractivity contribution < 1.29 is 13.2 Å². The summed E-state index contributed by atoms with van der Waals surface area (Å²) < 4.78 is 36.5. The lowest BCUT2D eigenvalue weighted by molar-refractivity contribution is -0.0384. The number of benzene rings is 3. The fraction of sp³-hybridized carbons (Fsp3) is 0.308. The quantitative estimate of drug-likeness (QED) is 0.424. The van der Waals surface area contributed by atoms with E-state index in [1.165, 1.54) is 0 Å². The summed E-state index contributed by atoms with van der Waals surface area (Å²) >= 11 is 3.51. The Kier molecular flexibility index (Phi) is 5.64. The Morgan fingerprint density at radius 1 is 0.938 bits per heavy atom. The van der Waals surface area contributed by atoms with Gasteiger partial charge in [-0.3, -0.25) is 4.31 Å². The zero-order chi connectivity index (χ0) is 22.5. The van der Waals surface area contributed by atoms with Gasteiger partial charge in [-0.05, 0) is 67.6 Å². The third-order valence-corrected chi connectivity index (χ3v) is 8.99. The minimum atomic E-state index is -3.70. The molecule has 0 radical (unpaired) electrons. The molecule has 2 heterocycles. The maximum atomic E-state index is 13.8. The van der Waals surface area contributed by atoms with Gasteiger partial charge in [-0.2, -0.15) is 0 Å². The highest BCUT2D eigenvalue weighted by Gasteiger charge is 2.44. The summed E-state index contributed by atoms with van der Waals surface area (Å²) in [6.07, 6.45) is 0.748. The van der Waals surface area contributed by atoms with Gasteiger partial charge in [-0.25, -0.2) is 8.42 Å². The molecule has 2 aliphatic rings. The molecule has 0 bridgehead atoms. The minimum Gasteiger partial charge on any atom is -0.373 e. The number of hydrogen-bond donors (Lipinski definition) is 0. The van der Waals surface area contributed by atoms with Gasteiger partial charge in [0, 0.05) is 23.5 Å². The van der Waals surface area contributed by atoms with Gasteiger partial charge in [-0.15, -0.1) is 0 Å². The minimum absolute atomic E-state index is 0.0412. The molecule has 0 N–H and O–H groups in total. The second-order valence-corrected chi connectivity index (χ2v) is 11.6. The maximum absolute atomic E-state index is 13.8. The summed E-state index contributed by atoms with van der Waals surface area (Å²) in [7, 11) is -3.70. The van der Waals surface area contributed by atoms with Gasteiger partial charge in [0.15, 0.2) is 0 Å². The van der Waals surface area contributed by atoms with Crippen molar-refractivity contribution in [2.75, 3.05) is 17.5 Å². The molecule has 3 atom stereocenters. The van der Waals surface area contributed by atoms with Gasteiger partial charge >= 0.3 is 0 Å². The molecule has 3 aromatic carbocycles. The zero-order valence-electron chi connectivity index (χ0n) is 18.2. The second-order valence-electron chi connectivity index (χ2n) is 8.81. The van der Waals surface area contributed by atoms with Crippen LogP contribution in [-0.2, 0) is 14.8 Å². The van der Waals surface area contributed by atoms with Crippen LogP contribution in [0.4, 0.5) is 5.69 Å². The van der Waals surface area contributed by atoms with Gasteiger partial charge in [0.1, 0.15) is 0 Å². The Labute approximate surface area is 198 Å². The third kappa shape index (κ3) is 3.78. The predicted octanol–water partition coefficient (Wildman–Crippen LogP) is 6.14. The lowest BCUT2D eigenvalue weighted by Crippen LogP contribution is -2.46. The van der Waals surface area contributed by atoms with E-state index in [0.29, 0.717) is 18.0 Å². The first-order valence-electron chi connectivity index (χ1n) is 10.9. The smallest absolute Gasteiger partial charge is 0.264 e. The van der Waals surface area contributed by atoms with Crippen LogP contribution < -0.4 is 4.31 Å². The fourth-order valence-corrected chi connectivity index (χ4v) is 6.82. The van der Waals surface area contributed by atoms with Crippen LogP contribution in [0.1, 0.15) is 40.7 Å². The number of ether oxygens (including phenoxy) is 1. The van der Waals surface area contributed by atoms with Crippen LogP contribution in [0.3, 0.4) is 0 Å². The Bertz CT molecular complexity index is 1240. The van der Waals surface area contributed by atoms with E-state index >= 15 is 0 Å². The first-order valence-corrected chi connectivity index (χ1v) is 13.1. The molecule has 0 saturated carbocycles. The van der Waals surface area contributed by atoms with E-state index in [1.807, 2.05) is 43.3 Å². The number of fused-ring (bicyclic) bond motifs is 3. The van der Waals surface area contributed by atoms with Crippen molar-refractivity contribution in [2.45, 2.75) is 37.2 Å². The highest BCUT2D eigenvalue weighted by Crippen LogP contribution is 2.50. The number of halogens is 1. The second kappa shape index (κ2) is 8.32. The highest BCUT2D eigenvalue weighted by molar-refractivity contribution is 9.10.